The van der Waals surface area contributed by atoms with Crippen LogP contribution in [0.3, 0.4) is 0 Å². The highest BCUT2D eigenvalue weighted by Gasteiger charge is 2.21. The molecule has 0 bridgehead atoms. The third kappa shape index (κ3) is 1.89. The van der Waals surface area contributed by atoms with Gasteiger partial charge in [0.25, 0.3) is 0 Å². The van der Waals surface area contributed by atoms with Gasteiger partial charge in [-0.25, -0.2) is 4.68 Å². The van der Waals surface area contributed by atoms with Gasteiger partial charge in [0.1, 0.15) is 5.82 Å². The average molecular weight is 242 g/mol. The summed E-state index contributed by atoms with van der Waals surface area (Å²) < 4.78 is 1.80. The molecule has 2 aromatic rings. The molecule has 1 unspecified atom stereocenters. The zero-order valence-electron chi connectivity index (χ0n) is 9.84. The molecule has 0 saturated carbocycles. The number of nitrogens with one attached hydrogen (secondary N) is 1. The van der Waals surface area contributed by atoms with Crippen LogP contribution in [0, 0.1) is 0 Å². The first-order chi connectivity index (χ1) is 8.74. The summed E-state index contributed by atoms with van der Waals surface area (Å²) in [5, 5.41) is 7.30. The van der Waals surface area contributed by atoms with E-state index in [2.05, 4.69) is 10.4 Å². The second kappa shape index (κ2) is 4.27. The minimum atomic E-state index is -0.452. The van der Waals surface area contributed by atoms with Crippen molar-refractivity contribution < 1.29 is 4.79 Å². The summed E-state index contributed by atoms with van der Waals surface area (Å²) in [5.74, 6) is 0.570. The van der Waals surface area contributed by atoms with Crippen molar-refractivity contribution in [1.82, 2.24) is 9.78 Å². The van der Waals surface area contributed by atoms with Gasteiger partial charge in [0.2, 0.25) is 5.91 Å². The third-order valence-electron chi connectivity index (χ3n) is 3.09. The monoisotopic (exact) mass is 242 g/mol. The van der Waals surface area contributed by atoms with E-state index < -0.39 is 6.04 Å². The molecule has 1 atom stereocenters. The van der Waals surface area contributed by atoms with Crippen LogP contribution in [-0.2, 0) is 11.3 Å². The molecule has 1 amide bonds. The Bertz CT molecular complexity index is 576. The van der Waals surface area contributed by atoms with Crippen LogP contribution < -0.4 is 11.1 Å². The standard InChI is InChI=1S/C13H14N4O/c14-10-6-7-17-12(15-13(10)18)8-11(16-17)9-4-2-1-3-5-9/h1-5,8,10H,6-7,14H2,(H,15,18). The van der Waals surface area contributed by atoms with Gasteiger partial charge >= 0.3 is 0 Å². The number of hydrogen-bond donors (Lipinski definition) is 2. The lowest BCUT2D eigenvalue weighted by molar-refractivity contribution is -0.117. The third-order valence-corrected chi connectivity index (χ3v) is 3.09. The average Bonchev–Trinajstić information content (AvgIpc) is 2.74. The lowest BCUT2D eigenvalue weighted by atomic mass is 10.1. The Labute approximate surface area is 105 Å². The van der Waals surface area contributed by atoms with Gasteiger partial charge in [-0.3, -0.25) is 4.79 Å². The van der Waals surface area contributed by atoms with Gasteiger partial charge in [-0.05, 0) is 6.42 Å². The lowest BCUT2D eigenvalue weighted by Gasteiger charge is -2.04. The van der Waals surface area contributed by atoms with Gasteiger partial charge < -0.3 is 11.1 Å². The first kappa shape index (κ1) is 11.0. The molecule has 2 heterocycles. The highest BCUT2D eigenvalue weighted by molar-refractivity contribution is 5.94. The molecule has 0 fully saturated rings. The molecule has 18 heavy (non-hydrogen) atoms. The van der Waals surface area contributed by atoms with Gasteiger partial charge in [-0.1, -0.05) is 30.3 Å². The fraction of sp³-hybridized carbons (Fsp3) is 0.231. The molecule has 1 aliphatic rings. The molecule has 3 rings (SSSR count). The Morgan fingerprint density at radius 3 is 2.89 bits per heavy atom. The number of aryl methyl sites for hydroxylation is 1. The summed E-state index contributed by atoms with van der Waals surface area (Å²) in [6, 6.07) is 11.3. The number of fused-ring (bicyclic) bond motifs is 1. The van der Waals surface area contributed by atoms with Crippen LogP contribution in [0.5, 0.6) is 0 Å². The number of nitrogens with two attached hydrogens (primary N) is 1. The van der Waals surface area contributed by atoms with Gasteiger partial charge in [0.05, 0.1) is 11.7 Å². The number of benzene rings is 1. The largest absolute Gasteiger partial charge is 0.320 e. The maximum atomic E-state index is 11.6. The number of amides is 1. The summed E-state index contributed by atoms with van der Waals surface area (Å²) in [7, 11) is 0. The molecule has 0 spiro atoms. The molecule has 3 N–H and O–H groups in total. The van der Waals surface area contributed by atoms with Crippen LogP contribution >= 0.6 is 0 Å². The number of anilines is 1. The van der Waals surface area contributed by atoms with Crippen molar-refractivity contribution in [3.63, 3.8) is 0 Å². The summed E-state index contributed by atoms with van der Waals surface area (Å²) in [6.07, 6.45) is 0.606. The van der Waals surface area contributed by atoms with Crippen molar-refractivity contribution in [2.24, 2.45) is 5.73 Å². The molecule has 92 valence electrons. The van der Waals surface area contributed by atoms with Gasteiger partial charge in [-0.15, -0.1) is 0 Å². The normalized spacial score (nSPS) is 18.9. The van der Waals surface area contributed by atoms with E-state index in [1.807, 2.05) is 36.4 Å². The fourth-order valence-electron chi connectivity index (χ4n) is 2.05. The van der Waals surface area contributed by atoms with Crippen molar-refractivity contribution in [2.45, 2.75) is 19.0 Å². The number of hydrogen-bond acceptors (Lipinski definition) is 3. The molecule has 1 aliphatic heterocycles. The molecule has 0 radical (unpaired) electrons. The topological polar surface area (TPSA) is 72.9 Å². The van der Waals surface area contributed by atoms with Crippen LogP contribution in [0.2, 0.25) is 0 Å². The van der Waals surface area contributed by atoms with Gasteiger partial charge in [-0.2, -0.15) is 5.10 Å². The predicted octanol–water partition coefficient (Wildman–Crippen LogP) is 1.22. The Morgan fingerprint density at radius 2 is 2.11 bits per heavy atom. The molecule has 5 heteroatoms. The lowest BCUT2D eigenvalue weighted by Crippen LogP contribution is -2.34. The number of rotatable bonds is 1. The Morgan fingerprint density at radius 1 is 1.33 bits per heavy atom. The first-order valence-electron chi connectivity index (χ1n) is 5.94. The highest BCUT2D eigenvalue weighted by Crippen LogP contribution is 2.23. The van der Waals surface area contributed by atoms with E-state index in [-0.39, 0.29) is 5.91 Å². The Kier molecular flexibility index (Phi) is 2.60. The summed E-state index contributed by atoms with van der Waals surface area (Å²) >= 11 is 0. The highest BCUT2D eigenvalue weighted by atomic mass is 16.2. The molecule has 0 aliphatic carbocycles. The van der Waals surface area contributed by atoms with Crippen LogP contribution in [0.15, 0.2) is 36.4 Å². The molecule has 0 saturated heterocycles. The van der Waals surface area contributed by atoms with E-state index in [4.69, 9.17) is 5.73 Å². The quantitative estimate of drug-likeness (QED) is 0.789. The van der Waals surface area contributed by atoms with E-state index in [1.165, 1.54) is 0 Å². The maximum absolute atomic E-state index is 11.6. The van der Waals surface area contributed by atoms with Crippen molar-refractivity contribution in [3.05, 3.63) is 36.4 Å². The van der Waals surface area contributed by atoms with E-state index in [0.717, 1.165) is 11.3 Å². The maximum Gasteiger partial charge on any atom is 0.242 e. The van der Waals surface area contributed by atoms with Crippen LogP contribution in [0.4, 0.5) is 5.82 Å². The van der Waals surface area contributed by atoms with Gasteiger partial charge in [0, 0.05) is 18.2 Å². The summed E-state index contributed by atoms with van der Waals surface area (Å²) in [6.45, 7) is 0.655. The molecule has 1 aromatic heterocycles. The second-order valence-corrected chi connectivity index (χ2v) is 4.39. The van der Waals surface area contributed by atoms with Crippen LogP contribution in [0.25, 0.3) is 11.3 Å². The predicted molar refractivity (Wildman–Crippen MR) is 68.9 cm³/mol. The zero-order chi connectivity index (χ0) is 12.5. The molecular formula is C13H14N4O. The Balaban J connectivity index is 1.97. The van der Waals surface area contributed by atoms with E-state index in [1.54, 1.807) is 4.68 Å². The number of nitrogens with zero attached hydrogens (tertiary/aromatic N) is 2. The number of carbonyl (C=O) groups excluding carboxylic acids is 1. The van der Waals surface area contributed by atoms with Gasteiger partial charge in [0.15, 0.2) is 0 Å². The van der Waals surface area contributed by atoms with E-state index in [9.17, 15) is 4.79 Å². The Hall–Kier alpha value is -2.14. The van der Waals surface area contributed by atoms with Crippen LogP contribution in [-0.4, -0.2) is 21.7 Å². The molecular weight excluding hydrogens is 228 g/mol. The second-order valence-electron chi connectivity index (χ2n) is 4.39. The first-order valence-corrected chi connectivity index (χ1v) is 5.94. The summed E-state index contributed by atoms with van der Waals surface area (Å²) in [5.41, 5.74) is 7.61. The molecule has 5 nitrogen and oxygen atoms in total. The van der Waals surface area contributed by atoms with E-state index >= 15 is 0 Å². The fourth-order valence-corrected chi connectivity index (χ4v) is 2.05. The SMILES string of the molecule is NC1CCn2nc(-c3ccccc3)cc2NC1=O. The number of carbonyl (C=O) groups is 1. The van der Waals surface area contributed by atoms with Crippen molar-refractivity contribution >= 4 is 11.7 Å². The molecule has 1 aromatic carbocycles. The van der Waals surface area contributed by atoms with Crippen molar-refractivity contribution in [3.8, 4) is 11.3 Å². The van der Waals surface area contributed by atoms with Crippen molar-refractivity contribution in [1.29, 1.82) is 0 Å². The number of aromatic nitrogens is 2. The summed E-state index contributed by atoms with van der Waals surface area (Å²) in [4.78, 5) is 11.6. The zero-order valence-corrected chi connectivity index (χ0v) is 9.84. The minimum Gasteiger partial charge on any atom is -0.320 e. The van der Waals surface area contributed by atoms with E-state index in [0.29, 0.717) is 18.8 Å². The smallest absolute Gasteiger partial charge is 0.242 e. The van der Waals surface area contributed by atoms with Crippen LogP contribution in [0.1, 0.15) is 6.42 Å². The van der Waals surface area contributed by atoms with Crippen molar-refractivity contribution in [2.75, 3.05) is 5.32 Å². The minimum absolute atomic E-state index is 0.145.